The third-order valence-electron chi connectivity index (χ3n) is 4.74. The van der Waals surface area contributed by atoms with E-state index in [1.807, 2.05) is 6.07 Å². The zero-order valence-electron chi connectivity index (χ0n) is 16.0. The van der Waals surface area contributed by atoms with Crippen LogP contribution >= 0.6 is 0 Å². The first-order valence-corrected chi connectivity index (χ1v) is 9.09. The Morgan fingerprint density at radius 3 is 2.93 bits per heavy atom. The van der Waals surface area contributed by atoms with Crippen molar-refractivity contribution in [2.45, 2.75) is 13.8 Å². The summed E-state index contributed by atoms with van der Waals surface area (Å²) in [5, 5.41) is 12.0. The monoisotopic (exact) mass is 401 g/mol. The predicted octanol–water partition coefficient (Wildman–Crippen LogP) is 2.51. The lowest BCUT2D eigenvalue weighted by Gasteiger charge is -2.12. The van der Waals surface area contributed by atoms with E-state index in [9.17, 15) is 9.59 Å². The van der Waals surface area contributed by atoms with E-state index in [1.54, 1.807) is 38.1 Å². The molecule has 0 aliphatic rings. The quantitative estimate of drug-likeness (QED) is 0.475. The molecule has 0 fully saturated rings. The normalized spacial score (nSPS) is 11.3. The molecule has 0 atom stereocenters. The number of nitrogens with one attached hydrogen (secondary N) is 2. The van der Waals surface area contributed by atoms with Gasteiger partial charge in [-0.05, 0) is 32.0 Å². The number of aromatic nitrogens is 6. The maximum absolute atomic E-state index is 13.2. The summed E-state index contributed by atoms with van der Waals surface area (Å²) in [5.41, 5.74) is 3.12. The molecule has 30 heavy (non-hydrogen) atoms. The molecule has 10 heteroatoms. The van der Waals surface area contributed by atoms with E-state index in [2.05, 4.69) is 30.5 Å². The Hall–Kier alpha value is -4.34. The molecule has 0 saturated carbocycles. The molecular formula is C20H15N7O3. The molecule has 0 bridgehead atoms. The van der Waals surface area contributed by atoms with Crippen molar-refractivity contribution in [3.05, 3.63) is 70.2 Å². The van der Waals surface area contributed by atoms with Gasteiger partial charge in [-0.25, -0.2) is 14.6 Å². The number of hydrogen-bond donors (Lipinski definition) is 2. The van der Waals surface area contributed by atoms with Crippen molar-refractivity contribution in [3.63, 3.8) is 0 Å². The fourth-order valence-electron chi connectivity index (χ4n) is 3.38. The summed E-state index contributed by atoms with van der Waals surface area (Å²) in [6.45, 7) is 3.54. The van der Waals surface area contributed by atoms with Gasteiger partial charge in [0.25, 0.3) is 17.2 Å². The molecule has 0 spiro atoms. The SMILES string of the molecule is Cc1cc(C(=O)Nc2ccccc2-n2ncc3c(=O)[nH]cnc32)c2c(C)noc2n1. The molecule has 2 N–H and O–H groups in total. The minimum Gasteiger partial charge on any atom is -0.336 e. The van der Waals surface area contributed by atoms with Crippen LogP contribution < -0.4 is 10.9 Å². The lowest BCUT2D eigenvalue weighted by molar-refractivity contribution is 0.102. The second-order valence-electron chi connectivity index (χ2n) is 6.76. The van der Waals surface area contributed by atoms with Crippen molar-refractivity contribution >= 4 is 33.7 Å². The number of H-pyrrole nitrogens is 1. The van der Waals surface area contributed by atoms with Gasteiger partial charge in [-0.2, -0.15) is 5.10 Å². The van der Waals surface area contributed by atoms with Gasteiger partial charge in [-0.1, -0.05) is 17.3 Å². The zero-order valence-corrected chi connectivity index (χ0v) is 16.0. The Kier molecular flexibility index (Phi) is 3.91. The van der Waals surface area contributed by atoms with Gasteiger partial charge in [0, 0.05) is 5.69 Å². The van der Waals surface area contributed by atoms with E-state index in [1.165, 1.54) is 17.2 Å². The van der Waals surface area contributed by atoms with Crippen LogP contribution in [0.15, 0.2) is 52.2 Å². The van der Waals surface area contributed by atoms with Crippen molar-refractivity contribution in [3.8, 4) is 5.69 Å². The Labute approximate surface area is 168 Å². The van der Waals surface area contributed by atoms with Crippen LogP contribution in [0.5, 0.6) is 0 Å². The summed E-state index contributed by atoms with van der Waals surface area (Å²) in [7, 11) is 0. The molecule has 148 valence electrons. The number of hydrogen-bond acceptors (Lipinski definition) is 7. The van der Waals surface area contributed by atoms with Crippen molar-refractivity contribution in [1.29, 1.82) is 0 Å². The molecule has 4 aromatic heterocycles. The van der Waals surface area contributed by atoms with Gasteiger partial charge >= 0.3 is 0 Å². The first kappa shape index (κ1) is 17.7. The molecule has 0 radical (unpaired) electrons. The number of amides is 1. The van der Waals surface area contributed by atoms with Crippen LogP contribution in [0.25, 0.3) is 27.8 Å². The van der Waals surface area contributed by atoms with Gasteiger partial charge in [0.2, 0.25) is 0 Å². The fraction of sp³-hybridized carbons (Fsp3) is 0.100. The van der Waals surface area contributed by atoms with Crippen molar-refractivity contribution in [1.82, 2.24) is 29.9 Å². The van der Waals surface area contributed by atoms with Gasteiger partial charge in [0.15, 0.2) is 5.65 Å². The number of rotatable bonds is 3. The number of pyridine rings is 1. The highest BCUT2D eigenvalue weighted by atomic mass is 16.5. The summed E-state index contributed by atoms with van der Waals surface area (Å²) in [6, 6.07) is 8.82. The van der Waals surface area contributed by atoms with Gasteiger partial charge in [-0.15, -0.1) is 0 Å². The molecule has 0 saturated heterocycles. The topological polar surface area (TPSA) is 132 Å². The highest BCUT2D eigenvalue weighted by Crippen LogP contribution is 2.26. The predicted molar refractivity (Wildman–Crippen MR) is 109 cm³/mol. The molecule has 1 aromatic carbocycles. The maximum atomic E-state index is 13.2. The smallest absolute Gasteiger partial charge is 0.261 e. The molecule has 0 aliphatic carbocycles. The first-order chi connectivity index (χ1) is 14.5. The largest absolute Gasteiger partial charge is 0.336 e. The Morgan fingerprint density at radius 1 is 1.23 bits per heavy atom. The highest BCUT2D eigenvalue weighted by Gasteiger charge is 2.20. The molecule has 5 aromatic rings. The molecule has 4 heterocycles. The third-order valence-corrected chi connectivity index (χ3v) is 4.74. The summed E-state index contributed by atoms with van der Waals surface area (Å²) in [4.78, 5) is 36.2. The van der Waals surface area contributed by atoms with Gasteiger partial charge in [0.1, 0.15) is 5.39 Å². The number of carbonyl (C=O) groups is 1. The number of carbonyl (C=O) groups excluding carboxylic acids is 1. The van der Waals surface area contributed by atoms with Crippen LogP contribution in [0.1, 0.15) is 21.7 Å². The summed E-state index contributed by atoms with van der Waals surface area (Å²) in [5.74, 6) is -0.341. The lowest BCUT2D eigenvalue weighted by atomic mass is 10.1. The second-order valence-corrected chi connectivity index (χ2v) is 6.76. The summed E-state index contributed by atoms with van der Waals surface area (Å²) < 4.78 is 6.73. The van der Waals surface area contributed by atoms with E-state index in [4.69, 9.17) is 4.52 Å². The maximum Gasteiger partial charge on any atom is 0.261 e. The number of benzene rings is 1. The molecule has 5 rings (SSSR count). The lowest BCUT2D eigenvalue weighted by Crippen LogP contribution is -2.15. The second kappa shape index (κ2) is 6.62. The van der Waals surface area contributed by atoms with Crippen LogP contribution in [0, 0.1) is 13.8 Å². The van der Waals surface area contributed by atoms with E-state index >= 15 is 0 Å². The van der Waals surface area contributed by atoms with Crippen LogP contribution in [-0.4, -0.2) is 35.8 Å². The number of para-hydroxylation sites is 2. The van der Waals surface area contributed by atoms with E-state index < -0.39 is 0 Å². The third kappa shape index (κ3) is 2.73. The average Bonchev–Trinajstić information content (AvgIpc) is 3.32. The zero-order chi connectivity index (χ0) is 20.8. The standard InChI is InChI=1S/C20H15N7O3/c1-10-7-12(16-11(2)26-30-20(16)24-10)19(29)25-14-5-3-4-6-15(14)27-17-13(8-23-27)18(28)22-9-21-17/h3-9H,1-2H3,(H,25,29)(H,21,22,28). The van der Waals surface area contributed by atoms with Crippen LogP contribution in [-0.2, 0) is 0 Å². The van der Waals surface area contributed by atoms with Gasteiger partial charge in [-0.3, -0.25) is 9.59 Å². The number of aryl methyl sites for hydroxylation is 2. The minimum absolute atomic E-state index is 0.287. The average molecular weight is 401 g/mol. The van der Waals surface area contributed by atoms with Crippen molar-refractivity contribution in [2.24, 2.45) is 0 Å². The molecular weight excluding hydrogens is 386 g/mol. The fourth-order valence-corrected chi connectivity index (χ4v) is 3.38. The molecule has 0 aliphatic heterocycles. The number of fused-ring (bicyclic) bond motifs is 2. The Bertz CT molecular complexity index is 1500. The highest BCUT2D eigenvalue weighted by molar-refractivity contribution is 6.13. The van der Waals surface area contributed by atoms with Gasteiger partial charge in [0.05, 0.1) is 40.5 Å². The van der Waals surface area contributed by atoms with E-state index in [0.717, 1.165) is 0 Å². The van der Waals surface area contributed by atoms with Crippen molar-refractivity contribution < 1.29 is 9.32 Å². The molecule has 1 amide bonds. The number of aromatic amines is 1. The number of nitrogens with zero attached hydrogens (tertiary/aromatic N) is 5. The Balaban J connectivity index is 1.61. The van der Waals surface area contributed by atoms with E-state index in [-0.39, 0.29) is 11.5 Å². The molecule has 0 unspecified atom stereocenters. The minimum atomic E-state index is -0.341. The Morgan fingerprint density at radius 2 is 2.07 bits per heavy atom. The summed E-state index contributed by atoms with van der Waals surface area (Å²) >= 11 is 0. The van der Waals surface area contributed by atoms with Crippen molar-refractivity contribution in [2.75, 3.05) is 5.32 Å². The van der Waals surface area contributed by atoms with Crippen LogP contribution in [0.4, 0.5) is 5.69 Å². The number of anilines is 1. The first-order valence-electron chi connectivity index (χ1n) is 9.09. The van der Waals surface area contributed by atoms with Gasteiger partial charge < -0.3 is 14.8 Å². The van der Waals surface area contributed by atoms with Crippen LogP contribution in [0.2, 0.25) is 0 Å². The molecule has 10 nitrogen and oxygen atoms in total. The summed E-state index contributed by atoms with van der Waals surface area (Å²) in [6.07, 6.45) is 2.76. The van der Waals surface area contributed by atoms with Crippen LogP contribution in [0.3, 0.4) is 0 Å². The van der Waals surface area contributed by atoms with E-state index in [0.29, 0.717) is 50.5 Å².